The van der Waals surface area contributed by atoms with Crippen LogP contribution in [0.5, 0.6) is 0 Å². The molecular weight excluding hydrogens is 210 g/mol. The maximum Gasteiger partial charge on any atom is 0.209 e. The van der Waals surface area contributed by atoms with E-state index in [1.807, 2.05) is 42.6 Å². The Labute approximate surface area is 102 Å². The summed E-state index contributed by atoms with van der Waals surface area (Å²) >= 11 is 0. The molecule has 0 saturated carbocycles. The van der Waals surface area contributed by atoms with Gasteiger partial charge in [-0.3, -0.25) is 4.79 Å². The monoisotopic (exact) mass is 227 g/mol. The molecule has 0 bridgehead atoms. The molecule has 0 radical (unpaired) electrons. The van der Waals surface area contributed by atoms with Gasteiger partial charge in [-0.05, 0) is 17.0 Å². The predicted molar refractivity (Wildman–Crippen MR) is 69.4 cm³/mol. The third kappa shape index (κ3) is 2.31. The van der Waals surface area contributed by atoms with Crippen molar-refractivity contribution in [3.8, 4) is 0 Å². The van der Waals surface area contributed by atoms with E-state index in [-0.39, 0.29) is 11.2 Å². The lowest BCUT2D eigenvalue weighted by atomic mass is 9.85. The van der Waals surface area contributed by atoms with E-state index in [9.17, 15) is 4.79 Å². The van der Waals surface area contributed by atoms with E-state index in [0.717, 1.165) is 11.1 Å². The number of hydrogen-bond acceptors (Lipinski definition) is 1. The third-order valence-corrected chi connectivity index (χ3v) is 2.82. The zero-order chi connectivity index (χ0) is 12.5. The van der Waals surface area contributed by atoms with Gasteiger partial charge >= 0.3 is 0 Å². The van der Waals surface area contributed by atoms with Crippen LogP contribution in [0, 0.1) is 0 Å². The van der Waals surface area contributed by atoms with Crippen LogP contribution in [0.1, 0.15) is 42.4 Å². The van der Waals surface area contributed by atoms with Crippen LogP contribution in [0.4, 0.5) is 0 Å². The van der Waals surface area contributed by atoms with Crippen LogP contribution in [-0.2, 0) is 5.41 Å². The summed E-state index contributed by atoms with van der Waals surface area (Å²) in [6, 6.07) is 11.3. The van der Waals surface area contributed by atoms with E-state index in [1.165, 1.54) is 0 Å². The van der Waals surface area contributed by atoms with Gasteiger partial charge in [0.05, 0.1) is 5.69 Å². The molecule has 17 heavy (non-hydrogen) atoms. The quantitative estimate of drug-likeness (QED) is 0.782. The molecule has 0 spiro atoms. The fraction of sp³-hybridized carbons (Fsp3) is 0.267. The predicted octanol–water partition coefficient (Wildman–Crippen LogP) is 3.54. The summed E-state index contributed by atoms with van der Waals surface area (Å²) in [4.78, 5) is 15.4. The van der Waals surface area contributed by atoms with Gasteiger partial charge < -0.3 is 4.98 Å². The van der Waals surface area contributed by atoms with Crippen LogP contribution >= 0.6 is 0 Å². The molecule has 0 unspecified atom stereocenters. The lowest BCUT2D eigenvalue weighted by molar-refractivity contribution is 0.103. The standard InChI is InChI=1S/C15H17NO/c1-15(2,3)12-9-10-16-13(12)14(17)11-7-5-4-6-8-11/h4-10,16H,1-3H3. The summed E-state index contributed by atoms with van der Waals surface area (Å²) in [7, 11) is 0. The SMILES string of the molecule is CC(C)(C)c1cc[nH]c1C(=O)c1ccccc1. The van der Waals surface area contributed by atoms with Gasteiger partial charge in [0.2, 0.25) is 5.78 Å². The zero-order valence-electron chi connectivity index (χ0n) is 10.4. The van der Waals surface area contributed by atoms with Gasteiger partial charge in [0.25, 0.3) is 0 Å². The van der Waals surface area contributed by atoms with Crippen LogP contribution in [0.3, 0.4) is 0 Å². The van der Waals surface area contributed by atoms with Gasteiger partial charge in [-0.15, -0.1) is 0 Å². The maximum atomic E-state index is 12.3. The molecule has 0 aliphatic rings. The number of H-pyrrole nitrogens is 1. The van der Waals surface area contributed by atoms with Crippen molar-refractivity contribution in [1.29, 1.82) is 0 Å². The highest BCUT2D eigenvalue weighted by Crippen LogP contribution is 2.26. The zero-order valence-corrected chi connectivity index (χ0v) is 10.4. The highest BCUT2D eigenvalue weighted by Gasteiger charge is 2.23. The first kappa shape index (κ1) is 11.6. The van der Waals surface area contributed by atoms with Crippen molar-refractivity contribution in [2.75, 3.05) is 0 Å². The second-order valence-electron chi connectivity index (χ2n) is 5.21. The molecule has 0 aliphatic carbocycles. The minimum atomic E-state index is -0.0280. The lowest BCUT2D eigenvalue weighted by Gasteiger charge is -2.18. The second kappa shape index (κ2) is 4.21. The molecule has 0 saturated heterocycles. The number of aromatic nitrogens is 1. The summed E-state index contributed by atoms with van der Waals surface area (Å²) in [5.74, 6) is 0.0560. The molecule has 1 aromatic carbocycles. The normalized spacial score (nSPS) is 11.5. The van der Waals surface area contributed by atoms with Crippen molar-refractivity contribution in [1.82, 2.24) is 4.98 Å². The summed E-state index contributed by atoms with van der Waals surface area (Å²) in [5.41, 5.74) is 2.45. The topological polar surface area (TPSA) is 32.9 Å². The van der Waals surface area contributed by atoms with Crippen molar-refractivity contribution < 1.29 is 4.79 Å². The maximum absolute atomic E-state index is 12.3. The largest absolute Gasteiger partial charge is 0.358 e. The Bertz CT molecular complexity index is 517. The molecule has 0 fully saturated rings. The Kier molecular flexibility index (Phi) is 2.88. The molecular formula is C15H17NO. The van der Waals surface area contributed by atoms with Gasteiger partial charge in [0, 0.05) is 11.8 Å². The van der Waals surface area contributed by atoms with E-state index in [0.29, 0.717) is 5.69 Å². The molecule has 0 atom stereocenters. The number of rotatable bonds is 2. The Balaban J connectivity index is 2.43. The van der Waals surface area contributed by atoms with Crippen molar-refractivity contribution in [3.05, 3.63) is 59.4 Å². The first-order chi connectivity index (χ1) is 8.00. The molecule has 2 heteroatoms. The number of ketones is 1. The Morgan fingerprint density at radius 3 is 2.29 bits per heavy atom. The lowest BCUT2D eigenvalue weighted by Crippen LogP contribution is -2.16. The van der Waals surface area contributed by atoms with Gasteiger partial charge in [-0.25, -0.2) is 0 Å². The van der Waals surface area contributed by atoms with Gasteiger partial charge in [0.15, 0.2) is 0 Å². The van der Waals surface area contributed by atoms with Crippen molar-refractivity contribution in [2.45, 2.75) is 26.2 Å². The van der Waals surface area contributed by atoms with Gasteiger partial charge in [-0.2, -0.15) is 0 Å². The molecule has 0 aliphatic heterocycles. The Morgan fingerprint density at radius 1 is 1.06 bits per heavy atom. The molecule has 2 aromatic rings. The summed E-state index contributed by atoms with van der Waals surface area (Å²) in [6.45, 7) is 6.33. The number of aromatic amines is 1. The molecule has 0 amide bonds. The van der Waals surface area contributed by atoms with Crippen molar-refractivity contribution >= 4 is 5.78 Å². The molecule has 2 rings (SSSR count). The summed E-state index contributed by atoms with van der Waals surface area (Å²) in [5, 5.41) is 0. The summed E-state index contributed by atoms with van der Waals surface area (Å²) < 4.78 is 0. The smallest absolute Gasteiger partial charge is 0.209 e. The third-order valence-electron chi connectivity index (χ3n) is 2.82. The van der Waals surface area contributed by atoms with E-state index in [2.05, 4.69) is 25.8 Å². The Hall–Kier alpha value is -1.83. The molecule has 1 heterocycles. The molecule has 2 nitrogen and oxygen atoms in total. The number of carbonyl (C=O) groups is 1. The highest BCUT2D eigenvalue weighted by molar-refractivity contribution is 6.08. The number of benzene rings is 1. The van der Waals surface area contributed by atoms with Crippen LogP contribution in [0.25, 0.3) is 0 Å². The van der Waals surface area contributed by atoms with Crippen molar-refractivity contribution in [2.24, 2.45) is 0 Å². The fourth-order valence-corrected chi connectivity index (χ4v) is 1.92. The average molecular weight is 227 g/mol. The van der Waals surface area contributed by atoms with E-state index < -0.39 is 0 Å². The second-order valence-corrected chi connectivity index (χ2v) is 5.21. The Morgan fingerprint density at radius 2 is 1.71 bits per heavy atom. The fourth-order valence-electron chi connectivity index (χ4n) is 1.92. The summed E-state index contributed by atoms with van der Waals surface area (Å²) in [6.07, 6.45) is 1.83. The average Bonchev–Trinajstić information content (AvgIpc) is 2.78. The number of carbonyl (C=O) groups excluding carboxylic acids is 1. The first-order valence-electron chi connectivity index (χ1n) is 5.78. The highest BCUT2D eigenvalue weighted by atomic mass is 16.1. The van der Waals surface area contributed by atoms with Crippen LogP contribution < -0.4 is 0 Å². The van der Waals surface area contributed by atoms with Crippen LogP contribution in [-0.4, -0.2) is 10.8 Å². The molecule has 1 N–H and O–H groups in total. The minimum absolute atomic E-state index is 0.0280. The van der Waals surface area contributed by atoms with Crippen LogP contribution in [0.2, 0.25) is 0 Å². The minimum Gasteiger partial charge on any atom is -0.358 e. The molecule has 88 valence electrons. The number of hydrogen-bond donors (Lipinski definition) is 1. The van der Waals surface area contributed by atoms with E-state index >= 15 is 0 Å². The van der Waals surface area contributed by atoms with Gasteiger partial charge in [-0.1, -0.05) is 51.1 Å². The number of nitrogens with one attached hydrogen (secondary N) is 1. The molecule has 1 aromatic heterocycles. The first-order valence-corrected chi connectivity index (χ1v) is 5.78. The van der Waals surface area contributed by atoms with Crippen LogP contribution in [0.15, 0.2) is 42.6 Å². The van der Waals surface area contributed by atoms with E-state index in [1.54, 1.807) is 0 Å². The van der Waals surface area contributed by atoms with Crippen molar-refractivity contribution in [3.63, 3.8) is 0 Å². The van der Waals surface area contributed by atoms with Gasteiger partial charge in [0.1, 0.15) is 0 Å². The van der Waals surface area contributed by atoms with E-state index in [4.69, 9.17) is 0 Å².